The molecule has 1 aromatic carbocycles. The third-order valence-corrected chi connectivity index (χ3v) is 2.36. The van der Waals surface area contributed by atoms with E-state index in [1.165, 1.54) is 6.07 Å². The minimum Gasteiger partial charge on any atom is -0.258 e. The second-order valence-electron chi connectivity index (χ2n) is 3.17. The standard InChI is InChI=1S/C11H8ClN2O2/c12-9-4-5-10(11(8-9)14(15)16)13-6-2-1-3-7-13/h1-8H/q+1. The zero-order valence-electron chi connectivity index (χ0n) is 8.21. The van der Waals surface area contributed by atoms with Crippen LogP contribution in [-0.4, -0.2) is 4.92 Å². The predicted octanol–water partition coefficient (Wildman–Crippen LogP) is 2.52. The van der Waals surface area contributed by atoms with Crippen molar-refractivity contribution in [1.82, 2.24) is 0 Å². The molecule has 0 radical (unpaired) electrons. The highest BCUT2D eigenvalue weighted by Crippen LogP contribution is 2.22. The molecular formula is C11H8ClN2O2+. The molecule has 0 unspecified atom stereocenters. The van der Waals surface area contributed by atoms with Gasteiger partial charge in [0.25, 0.3) is 5.69 Å². The molecule has 0 aliphatic heterocycles. The number of hydrogen-bond acceptors (Lipinski definition) is 2. The smallest absolute Gasteiger partial charge is 0.258 e. The summed E-state index contributed by atoms with van der Waals surface area (Å²) in [7, 11) is 0. The van der Waals surface area contributed by atoms with E-state index in [4.69, 9.17) is 11.6 Å². The normalized spacial score (nSPS) is 10.1. The number of halogens is 1. The number of nitrogens with zero attached hydrogens (tertiary/aromatic N) is 2. The van der Waals surface area contributed by atoms with Crippen LogP contribution in [0.25, 0.3) is 5.69 Å². The molecule has 0 N–H and O–H groups in total. The Hall–Kier alpha value is -1.94. The zero-order chi connectivity index (χ0) is 11.5. The molecule has 0 aliphatic rings. The number of hydrogen-bond donors (Lipinski definition) is 0. The number of pyridine rings is 1. The summed E-state index contributed by atoms with van der Waals surface area (Å²) in [6.45, 7) is 0. The molecule has 0 bridgehead atoms. The molecule has 0 fully saturated rings. The summed E-state index contributed by atoms with van der Waals surface area (Å²) in [4.78, 5) is 10.4. The number of aromatic nitrogens is 1. The van der Waals surface area contributed by atoms with Crippen LogP contribution in [0.5, 0.6) is 0 Å². The summed E-state index contributed by atoms with van der Waals surface area (Å²) in [5.41, 5.74) is 0.485. The van der Waals surface area contributed by atoms with Crippen LogP contribution in [0.2, 0.25) is 5.02 Å². The Morgan fingerprint density at radius 2 is 1.88 bits per heavy atom. The second-order valence-corrected chi connectivity index (χ2v) is 3.61. The minimum atomic E-state index is -0.443. The fourth-order valence-corrected chi connectivity index (χ4v) is 1.59. The number of benzene rings is 1. The summed E-state index contributed by atoms with van der Waals surface area (Å²) < 4.78 is 1.68. The fourth-order valence-electron chi connectivity index (χ4n) is 1.42. The molecule has 16 heavy (non-hydrogen) atoms. The summed E-state index contributed by atoms with van der Waals surface area (Å²) in [5.74, 6) is 0. The van der Waals surface area contributed by atoms with Crippen LogP contribution < -0.4 is 4.57 Å². The van der Waals surface area contributed by atoms with Gasteiger partial charge in [0, 0.05) is 29.3 Å². The SMILES string of the molecule is O=[N+]([O-])c1cc(Cl)ccc1-[n+]1ccccc1. The van der Waals surface area contributed by atoms with Gasteiger partial charge in [-0.05, 0) is 6.07 Å². The van der Waals surface area contributed by atoms with E-state index >= 15 is 0 Å². The van der Waals surface area contributed by atoms with Crippen molar-refractivity contribution < 1.29 is 9.49 Å². The molecule has 1 heterocycles. The third-order valence-electron chi connectivity index (χ3n) is 2.13. The lowest BCUT2D eigenvalue weighted by Crippen LogP contribution is -2.29. The van der Waals surface area contributed by atoms with Gasteiger partial charge in [0.1, 0.15) is 0 Å². The van der Waals surface area contributed by atoms with Crippen molar-refractivity contribution in [2.24, 2.45) is 0 Å². The molecular weight excluding hydrogens is 228 g/mol. The molecule has 4 nitrogen and oxygen atoms in total. The van der Waals surface area contributed by atoms with Crippen molar-refractivity contribution >= 4 is 17.3 Å². The van der Waals surface area contributed by atoms with E-state index in [0.717, 1.165) is 0 Å². The Bertz CT molecular complexity index is 529. The van der Waals surface area contributed by atoms with Crippen molar-refractivity contribution in [2.75, 3.05) is 0 Å². The average molecular weight is 236 g/mol. The lowest BCUT2D eigenvalue weighted by atomic mass is 10.2. The first kappa shape index (κ1) is 10.6. The Morgan fingerprint density at radius 1 is 1.19 bits per heavy atom. The van der Waals surface area contributed by atoms with Crippen LogP contribution in [0.15, 0.2) is 48.8 Å². The quantitative estimate of drug-likeness (QED) is 0.456. The minimum absolute atomic E-state index is 0.0105. The first-order valence-corrected chi connectivity index (χ1v) is 4.97. The molecule has 2 rings (SSSR count). The number of nitro benzene ring substituents is 1. The van der Waals surface area contributed by atoms with Crippen molar-refractivity contribution in [3.05, 3.63) is 63.9 Å². The van der Waals surface area contributed by atoms with Crippen LogP contribution in [0, 0.1) is 10.1 Å². The van der Waals surface area contributed by atoms with Crippen LogP contribution >= 0.6 is 11.6 Å². The maximum atomic E-state index is 10.9. The highest BCUT2D eigenvalue weighted by Gasteiger charge is 2.21. The Labute approximate surface area is 96.9 Å². The summed E-state index contributed by atoms with van der Waals surface area (Å²) in [6, 6.07) is 10.1. The molecule has 0 atom stereocenters. The van der Waals surface area contributed by atoms with Gasteiger partial charge in [-0.3, -0.25) is 10.1 Å². The summed E-state index contributed by atoms with van der Waals surface area (Å²) in [5, 5.41) is 11.2. The molecule has 5 heteroatoms. The van der Waals surface area contributed by atoms with Crippen molar-refractivity contribution in [1.29, 1.82) is 0 Å². The first-order valence-electron chi connectivity index (χ1n) is 4.59. The number of nitro groups is 1. The molecule has 80 valence electrons. The van der Waals surface area contributed by atoms with Gasteiger partial charge in [-0.15, -0.1) is 0 Å². The van der Waals surface area contributed by atoms with Crippen molar-refractivity contribution in [3.8, 4) is 5.69 Å². The molecule has 0 saturated heterocycles. The molecule has 0 saturated carbocycles. The molecule has 2 aromatic rings. The fraction of sp³-hybridized carbons (Fsp3) is 0. The highest BCUT2D eigenvalue weighted by atomic mass is 35.5. The maximum Gasteiger partial charge on any atom is 0.341 e. The third kappa shape index (κ3) is 2.01. The van der Waals surface area contributed by atoms with Gasteiger partial charge in [-0.1, -0.05) is 17.7 Å². The van der Waals surface area contributed by atoms with E-state index in [2.05, 4.69) is 0 Å². The van der Waals surface area contributed by atoms with E-state index < -0.39 is 4.92 Å². The number of rotatable bonds is 2. The van der Waals surface area contributed by atoms with E-state index in [1.54, 1.807) is 41.2 Å². The summed E-state index contributed by atoms with van der Waals surface area (Å²) in [6.07, 6.45) is 3.49. The zero-order valence-corrected chi connectivity index (χ0v) is 8.96. The lowest BCUT2D eigenvalue weighted by molar-refractivity contribution is -0.600. The van der Waals surface area contributed by atoms with E-state index in [9.17, 15) is 10.1 Å². The van der Waals surface area contributed by atoms with Gasteiger partial charge in [0.15, 0.2) is 12.4 Å². The van der Waals surface area contributed by atoms with Gasteiger partial charge >= 0.3 is 5.69 Å². The van der Waals surface area contributed by atoms with Gasteiger partial charge in [0.05, 0.1) is 4.92 Å². The predicted molar refractivity (Wildman–Crippen MR) is 59.6 cm³/mol. The molecule has 1 aromatic heterocycles. The molecule has 0 amide bonds. The Balaban J connectivity index is 2.61. The largest absolute Gasteiger partial charge is 0.341 e. The lowest BCUT2D eigenvalue weighted by Gasteiger charge is -1.97. The van der Waals surface area contributed by atoms with Crippen LogP contribution in [0.4, 0.5) is 5.69 Å². The maximum absolute atomic E-state index is 10.9. The molecule has 0 spiro atoms. The summed E-state index contributed by atoms with van der Waals surface area (Å²) >= 11 is 5.73. The van der Waals surface area contributed by atoms with Gasteiger partial charge < -0.3 is 0 Å². The topological polar surface area (TPSA) is 47.0 Å². The second kappa shape index (κ2) is 4.28. The van der Waals surface area contributed by atoms with E-state index in [-0.39, 0.29) is 5.69 Å². The average Bonchev–Trinajstić information content (AvgIpc) is 2.30. The van der Waals surface area contributed by atoms with E-state index in [1.807, 2.05) is 6.07 Å². The van der Waals surface area contributed by atoms with Gasteiger partial charge in [-0.25, -0.2) is 0 Å². The van der Waals surface area contributed by atoms with Crippen LogP contribution in [-0.2, 0) is 0 Å². The highest BCUT2D eigenvalue weighted by molar-refractivity contribution is 6.30. The Morgan fingerprint density at radius 3 is 2.50 bits per heavy atom. The van der Waals surface area contributed by atoms with Crippen LogP contribution in [0.3, 0.4) is 0 Å². The van der Waals surface area contributed by atoms with E-state index in [0.29, 0.717) is 10.7 Å². The molecule has 0 aliphatic carbocycles. The van der Waals surface area contributed by atoms with Gasteiger partial charge in [-0.2, -0.15) is 4.57 Å². The van der Waals surface area contributed by atoms with Crippen molar-refractivity contribution in [2.45, 2.75) is 0 Å². The van der Waals surface area contributed by atoms with Crippen molar-refractivity contribution in [3.63, 3.8) is 0 Å². The Kier molecular flexibility index (Phi) is 2.83. The monoisotopic (exact) mass is 235 g/mol. The van der Waals surface area contributed by atoms with Gasteiger partial charge in [0.2, 0.25) is 0 Å². The first-order chi connectivity index (χ1) is 7.68. The van der Waals surface area contributed by atoms with Crippen LogP contribution in [0.1, 0.15) is 0 Å².